The van der Waals surface area contributed by atoms with Crippen molar-refractivity contribution in [2.24, 2.45) is 0 Å². The molecule has 0 atom stereocenters. The van der Waals surface area contributed by atoms with E-state index < -0.39 is 5.97 Å². The van der Waals surface area contributed by atoms with Gasteiger partial charge in [0.05, 0.1) is 18.7 Å². The van der Waals surface area contributed by atoms with Gasteiger partial charge < -0.3 is 30.0 Å². The minimum absolute atomic E-state index is 0.00191. The van der Waals surface area contributed by atoms with E-state index in [1.54, 1.807) is 36.1 Å². The highest BCUT2D eigenvalue weighted by molar-refractivity contribution is 7.80. The zero-order chi connectivity index (χ0) is 25.8. The number of aromatic hydroxyl groups is 1. The van der Waals surface area contributed by atoms with E-state index in [0.29, 0.717) is 45.0 Å². The molecule has 0 aromatic heterocycles. The number of aromatic carboxylic acids is 1. The highest BCUT2D eigenvalue weighted by atomic mass is 32.1. The predicted octanol–water partition coefficient (Wildman–Crippen LogP) is 3.98. The number of anilines is 1. The summed E-state index contributed by atoms with van der Waals surface area (Å²) >= 11 is 5.45. The Bertz CT molecular complexity index is 1570. The Labute approximate surface area is 211 Å². The summed E-state index contributed by atoms with van der Waals surface area (Å²) in [5, 5.41) is 33.3. The van der Waals surface area contributed by atoms with Gasteiger partial charge in [-0.25, -0.2) is 4.79 Å². The van der Waals surface area contributed by atoms with E-state index in [2.05, 4.69) is 17.2 Å². The Balaban J connectivity index is 1.85. The normalized spacial score (nSPS) is 10.6. The lowest BCUT2D eigenvalue weighted by molar-refractivity contribution is 0.0697. The molecule has 0 saturated carbocycles. The quantitative estimate of drug-likeness (QED) is 0.176. The fraction of sp³-hybridized carbons (Fsp3) is 0.148. The summed E-state index contributed by atoms with van der Waals surface area (Å²) in [4.78, 5) is 26.0. The zero-order valence-electron chi connectivity index (χ0n) is 19.2. The second kappa shape index (κ2) is 10.5. The van der Waals surface area contributed by atoms with E-state index in [1.807, 2.05) is 0 Å². The molecule has 2 aromatic carbocycles. The molecular formula is C27H22N2O6S. The monoisotopic (exact) mass is 502 g/mol. The van der Waals surface area contributed by atoms with E-state index in [0.717, 1.165) is 0 Å². The highest BCUT2D eigenvalue weighted by Gasteiger charge is 2.22. The average molecular weight is 503 g/mol. The molecule has 4 rings (SSSR count). The Morgan fingerprint density at radius 3 is 2.61 bits per heavy atom. The van der Waals surface area contributed by atoms with Gasteiger partial charge in [0, 0.05) is 40.9 Å². The van der Waals surface area contributed by atoms with E-state index >= 15 is 0 Å². The van der Waals surface area contributed by atoms with Crippen LogP contribution in [0.25, 0.3) is 33.4 Å². The maximum Gasteiger partial charge on any atom is 0.336 e. The first-order valence-electron chi connectivity index (χ1n) is 11.0. The van der Waals surface area contributed by atoms with Crippen LogP contribution in [0.3, 0.4) is 0 Å². The molecule has 182 valence electrons. The third-order valence-corrected chi connectivity index (χ3v) is 5.91. The van der Waals surface area contributed by atoms with Gasteiger partial charge >= 0.3 is 5.97 Å². The van der Waals surface area contributed by atoms with Gasteiger partial charge in [-0.2, -0.15) is 0 Å². The summed E-state index contributed by atoms with van der Waals surface area (Å²) in [6, 6.07) is 13.7. The van der Waals surface area contributed by atoms with Crippen LogP contribution in [-0.4, -0.2) is 51.0 Å². The molecule has 9 heteroatoms. The minimum Gasteiger partial charge on any atom is -0.508 e. The van der Waals surface area contributed by atoms with E-state index in [1.165, 1.54) is 30.3 Å². The van der Waals surface area contributed by atoms with Gasteiger partial charge in [-0.15, -0.1) is 5.92 Å². The number of carbonyl (C=O) groups is 1. The van der Waals surface area contributed by atoms with Gasteiger partial charge in [0.25, 0.3) is 0 Å². The Hall–Kier alpha value is -4.39. The number of aliphatic hydroxyl groups excluding tert-OH is 1. The molecule has 4 N–H and O–H groups in total. The number of aliphatic hydroxyl groups is 1. The number of benzene rings is 3. The number of thiocarbonyl (C=S) groups is 1. The number of nitrogens with one attached hydrogen (secondary N) is 1. The summed E-state index contributed by atoms with van der Waals surface area (Å²) in [6.45, 7) is 2.17. The first-order chi connectivity index (χ1) is 17.3. The largest absolute Gasteiger partial charge is 0.508 e. The van der Waals surface area contributed by atoms with Crippen molar-refractivity contribution < 1.29 is 24.5 Å². The number of nitrogens with zero attached hydrogens (tertiary/aromatic N) is 1. The number of fused-ring (bicyclic) bond motifs is 2. The van der Waals surface area contributed by atoms with Crippen molar-refractivity contribution in [2.45, 2.75) is 6.92 Å². The first-order valence-corrected chi connectivity index (χ1v) is 11.4. The number of carboxylic acid groups (broad SMARTS) is 1. The molecule has 8 nitrogen and oxygen atoms in total. The molecule has 0 unspecified atom stereocenters. The molecular weight excluding hydrogens is 480 g/mol. The third-order valence-electron chi connectivity index (χ3n) is 5.55. The van der Waals surface area contributed by atoms with Crippen LogP contribution in [0.4, 0.5) is 5.69 Å². The number of phenolic OH excluding ortho intramolecular Hbond substituents is 1. The van der Waals surface area contributed by atoms with Crippen LogP contribution >= 0.6 is 12.2 Å². The summed E-state index contributed by atoms with van der Waals surface area (Å²) in [5.41, 5.74) is 2.00. The lowest BCUT2D eigenvalue weighted by Crippen LogP contribution is -2.37. The minimum atomic E-state index is -1.16. The van der Waals surface area contributed by atoms with Gasteiger partial charge in [0.1, 0.15) is 17.1 Å². The number of rotatable bonds is 6. The average Bonchev–Trinajstić information content (AvgIpc) is 2.85. The second-order valence-electron chi connectivity index (χ2n) is 7.88. The van der Waals surface area contributed by atoms with Crippen LogP contribution in [-0.2, 0) is 0 Å². The summed E-state index contributed by atoms with van der Waals surface area (Å²) in [6.07, 6.45) is 0. The van der Waals surface area contributed by atoms with Crippen molar-refractivity contribution in [2.75, 3.05) is 25.0 Å². The first kappa shape index (κ1) is 24.7. The molecule has 2 aromatic rings. The number of carboxylic acids is 1. The van der Waals surface area contributed by atoms with Crippen LogP contribution < -0.4 is 10.7 Å². The second-order valence-corrected chi connectivity index (χ2v) is 8.27. The maximum atomic E-state index is 12.4. The summed E-state index contributed by atoms with van der Waals surface area (Å²) < 4.78 is 5.85. The number of hydrogen-bond donors (Lipinski definition) is 4. The highest BCUT2D eigenvalue weighted by Crippen LogP contribution is 2.42. The van der Waals surface area contributed by atoms with Gasteiger partial charge in [-0.3, -0.25) is 4.79 Å². The van der Waals surface area contributed by atoms with Gasteiger partial charge in [0.15, 0.2) is 10.5 Å². The van der Waals surface area contributed by atoms with Crippen molar-refractivity contribution in [3.05, 3.63) is 70.4 Å². The lowest BCUT2D eigenvalue weighted by atomic mass is 9.90. The molecule has 0 fully saturated rings. The molecule has 1 aliphatic heterocycles. The molecule has 1 aliphatic carbocycles. The summed E-state index contributed by atoms with van der Waals surface area (Å²) in [7, 11) is 0. The molecule has 1 heterocycles. The third kappa shape index (κ3) is 5.00. The van der Waals surface area contributed by atoms with Crippen molar-refractivity contribution in [3.8, 4) is 40.0 Å². The predicted molar refractivity (Wildman–Crippen MR) is 141 cm³/mol. The van der Waals surface area contributed by atoms with Crippen LogP contribution in [0.1, 0.15) is 17.3 Å². The van der Waals surface area contributed by atoms with Crippen LogP contribution in [0, 0.1) is 11.8 Å². The zero-order valence-corrected chi connectivity index (χ0v) is 20.1. The van der Waals surface area contributed by atoms with Crippen molar-refractivity contribution in [1.29, 1.82) is 0 Å². The Morgan fingerprint density at radius 2 is 1.89 bits per heavy atom. The molecule has 0 bridgehead atoms. The Morgan fingerprint density at radius 1 is 1.11 bits per heavy atom. The van der Waals surface area contributed by atoms with Gasteiger partial charge in [-0.1, -0.05) is 12.0 Å². The standard InChI is InChI=1S/C27H22N2O6S/c1-2-3-10-29(11-12-30)27(36)28-16-4-7-19(22(13-16)26(33)34)25-20-8-5-17(31)14-23(20)35-24-15-18(32)6-9-21(24)25/h4-9,13-15,30-31H,10-12H2,1H3,(H,28,36)(H,33,34). The fourth-order valence-corrected chi connectivity index (χ4v) is 4.19. The van der Waals surface area contributed by atoms with E-state index in [-0.39, 0.29) is 35.7 Å². The van der Waals surface area contributed by atoms with Crippen molar-refractivity contribution in [3.63, 3.8) is 0 Å². The van der Waals surface area contributed by atoms with Crippen molar-refractivity contribution >= 4 is 40.0 Å². The van der Waals surface area contributed by atoms with Crippen LogP contribution in [0.2, 0.25) is 0 Å². The van der Waals surface area contributed by atoms with Gasteiger partial charge in [-0.05, 0) is 61.1 Å². The molecule has 0 saturated heterocycles. The van der Waals surface area contributed by atoms with Crippen LogP contribution in [0.15, 0.2) is 63.8 Å². The lowest BCUT2D eigenvalue weighted by Gasteiger charge is -2.23. The molecule has 2 aliphatic rings. The topological polar surface area (TPSA) is 123 Å². The smallest absolute Gasteiger partial charge is 0.336 e. The molecule has 36 heavy (non-hydrogen) atoms. The number of hydrogen-bond acceptors (Lipinski definition) is 6. The van der Waals surface area contributed by atoms with Gasteiger partial charge in [0.2, 0.25) is 0 Å². The summed E-state index contributed by atoms with van der Waals surface area (Å²) in [5.74, 6) is 4.76. The molecule has 0 radical (unpaired) electrons. The fourth-order valence-electron chi connectivity index (χ4n) is 3.92. The Kier molecular flexibility index (Phi) is 7.20. The number of phenols is 1. The molecule has 0 amide bonds. The maximum absolute atomic E-state index is 12.4. The van der Waals surface area contributed by atoms with E-state index in [9.17, 15) is 24.9 Å². The SMILES string of the molecule is CC#CCN(CCO)C(=S)Nc1ccc(-c2c3ccc(=O)cc-3oc3cc(O)ccc23)c(C(=O)O)c1. The van der Waals surface area contributed by atoms with E-state index in [4.69, 9.17) is 16.6 Å². The van der Waals surface area contributed by atoms with Crippen molar-refractivity contribution in [1.82, 2.24) is 4.90 Å². The molecule has 0 spiro atoms. The van der Waals surface area contributed by atoms with Crippen LogP contribution in [0.5, 0.6) is 5.75 Å².